The van der Waals surface area contributed by atoms with E-state index in [9.17, 15) is 9.59 Å². The monoisotopic (exact) mass is 299 g/mol. The third kappa shape index (κ3) is 3.04. The summed E-state index contributed by atoms with van der Waals surface area (Å²) in [7, 11) is 0. The fraction of sp³-hybridized carbons (Fsp3) is 0.412. The molecule has 3 rings (SSSR count). The predicted octanol–water partition coefficient (Wildman–Crippen LogP) is 1.69. The summed E-state index contributed by atoms with van der Waals surface area (Å²) < 4.78 is 0. The number of H-pyrrole nitrogens is 2. The zero-order valence-corrected chi connectivity index (χ0v) is 12.9. The predicted molar refractivity (Wildman–Crippen MR) is 85.9 cm³/mol. The van der Waals surface area contributed by atoms with E-state index in [2.05, 4.69) is 53.0 Å². The number of aromatic nitrogens is 2. The molecule has 0 saturated carbocycles. The maximum atomic E-state index is 11.4. The molecule has 5 nitrogen and oxygen atoms in total. The second-order valence-corrected chi connectivity index (χ2v) is 6.73. The first-order chi connectivity index (χ1) is 10.4. The number of nitrogens with one attached hydrogen (secondary N) is 2. The Hall–Kier alpha value is -2.14. The summed E-state index contributed by atoms with van der Waals surface area (Å²) in [6, 6.07) is 12.0. The van der Waals surface area contributed by atoms with Gasteiger partial charge in [0.15, 0.2) is 0 Å². The Bertz CT molecular complexity index is 733. The molecule has 2 aromatic rings. The first-order valence-corrected chi connectivity index (χ1v) is 7.54. The second kappa shape index (κ2) is 5.57. The highest BCUT2D eigenvalue weighted by Gasteiger charge is 2.39. The maximum Gasteiger partial charge on any atom is 0.325 e. The van der Waals surface area contributed by atoms with E-state index in [1.54, 1.807) is 0 Å². The van der Waals surface area contributed by atoms with Crippen molar-refractivity contribution in [1.82, 2.24) is 14.9 Å². The van der Waals surface area contributed by atoms with Crippen molar-refractivity contribution in [2.24, 2.45) is 5.41 Å². The van der Waals surface area contributed by atoms with Crippen LogP contribution in [-0.4, -0.2) is 28.0 Å². The highest BCUT2D eigenvalue weighted by molar-refractivity contribution is 5.24. The largest absolute Gasteiger partial charge is 0.325 e. The summed E-state index contributed by atoms with van der Waals surface area (Å²) in [6.07, 6.45) is 0. The average molecular weight is 299 g/mol. The van der Waals surface area contributed by atoms with E-state index >= 15 is 0 Å². The molecular weight excluding hydrogens is 278 g/mol. The van der Waals surface area contributed by atoms with Gasteiger partial charge in [-0.2, -0.15) is 0 Å². The van der Waals surface area contributed by atoms with E-state index in [1.807, 2.05) is 6.07 Å². The number of hydrogen-bond acceptors (Lipinski definition) is 3. The van der Waals surface area contributed by atoms with Gasteiger partial charge in [0, 0.05) is 37.3 Å². The van der Waals surface area contributed by atoms with Gasteiger partial charge in [0.25, 0.3) is 5.56 Å². The standard InChI is InChI=1S/C17H21N3O2/c1-17(2)11-20(9-13-8-15(21)19-16(22)18-13)10-14(17)12-6-4-3-5-7-12/h3-8,14H,9-11H2,1-2H3,(H2,18,19,21,22). The van der Waals surface area contributed by atoms with Crippen LogP contribution in [-0.2, 0) is 6.54 Å². The quantitative estimate of drug-likeness (QED) is 0.906. The Kier molecular flexibility index (Phi) is 3.74. The minimum absolute atomic E-state index is 0.156. The van der Waals surface area contributed by atoms with Crippen LogP contribution in [0.5, 0.6) is 0 Å². The Balaban J connectivity index is 1.80. The summed E-state index contributed by atoms with van der Waals surface area (Å²) in [4.78, 5) is 30.0. The Morgan fingerprint density at radius 1 is 1.18 bits per heavy atom. The van der Waals surface area contributed by atoms with Crippen LogP contribution < -0.4 is 11.2 Å². The van der Waals surface area contributed by atoms with Crippen molar-refractivity contribution in [3.8, 4) is 0 Å². The van der Waals surface area contributed by atoms with Gasteiger partial charge in [0.05, 0.1) is 0 Å². The zero-order valence-electron chi connectivity index (χ0n) is 12.9. The van der Waals surface area contributed by atoms with Gasteiger partial charge < -0.3 is 4.98 Å². The SMILES string of the molecule is CC1(C)CN(Cc2cc(=O)[nH]c(=O)[nH]2)CC1c1ccccc1. The molecule has 0 spiro atoms. The molecule has 5 heteroatoms. The second-order valence-electron chi connectivity index (χ2n) is 6.73. The van der Waals surface area contributed by atoms with Crippen LogP contribution in [0.15, 0.2) is 46.0 Å². The number of nitrogens with zero attached hydrogens (tertiary/aromatic N) is 1. The summed E-state index contributed by atoms with van der Waals surface area (Å²) in [6.45, 7) is 6.98. The van der Waals surface area contributed by atoms with E-state index in [1.165, 1.54) is 11.6 Å². The van der Waals surface area contributed by atoms with Crippen molar-refractivity contribution in [3.63, 3.8) is 0 Å². The average Bonchev–Trinajstić information content (AvgIpc) is 2.73. The number of aromatic amines is 2. The molecule has 1 atom stereocenters. The van der Waals surface area contributed by atoms with E-state index in [4.69, 9.17) is 0 Å². The fourth-order valence-electron chi connectivity index (χ4n) is 3.46. The first kappa shape index (κ1) is 14.8. The summed E-state index contributed by atoms with van der Waals surface area (Å²) in [5.74, 6) is 0.447. The third-order valence-corrected chi connectivity index (χ3v) is 4.43. The number of likely N-dealkylation sites (tertiary alicyclic amines) is 1. The minimum atomic E-state index is -0.444. The Morgan fingerprint density at radius 2 is 1.91 bits per heavy atom. The lowest BCUT2D eigenvalue weighted by molar-refractivity contribution is 0.279. The van der Waals surface area contributed by atoms with Gasteiger partial charge in [-0.25, -0.2) is 4.79 Å². The number of hydrogen-bond donors (Lipinski definition) is 2. The van der Waals surface area contributed by atoms with E-state index in [0.717, 1.165) is 13.1 Å². The van der Waals surface area contributed by atoms with Crippen LogP contribution in [0.2, 0.25) is 0 Å². The van der Waals surface area contributed by atoms with Crippen molar-refractivity contribution in [1.29, 1.82) is 0 Å². The molecule has 1 aromatic heterocycles. The molecule has 22 heavy (non-hydrogen) atoms. The molecule has 1 aliphatic heterocycles. The lowest BCUT2D eigenvalue weighted by Gasteiger charge is -2.26. The molecular formula is C17H21N3O2. The molecule has 0 radical (unpaired) electrons. The van der Waals surface area contributed by atoms with Crippen molar-refractivity contribution >= 4 is 0 Å². The lowest BCUT2D eigenvalue weighted by Crippen LogP contribution is -2.28. The van der Waals surface area contributed by atoms with Crippen molar-refractivity contribution in [2.75, 3.05) is 13.1 Å². The number of benzene rings is 1. The normalized spacial score (nSPS) is 21.1. The van der Waals surface area contributed by atoms with Crippen molar-refractivity contribution in [2.45, 2.75) is 26.3 Å². The van der Waals surface area contributed by atoms with Gasteiger partial charge in [-0.15, -0.1) is 0 Å². The molecule has 116 valence electrons. The molecule has 2 N–H and O–H groups in total. The summed E-state index contributed by atoms with van der Waals surface area (Å²) in [5.41, 5.74) is 1.37. The minimum Gasteiger partial charge on any atom is -0.310 e. The molecule has 1 unspecified atom stereocenters. The van der Waals surface area contributed by atoms with Gasteiger partial charge in [0.1, 0.15) is 0 Å². The highest BCUT2D eigenvalue weighted by Crippen LogP contribution is 2.42. The van der Waals surface area contributed by atoms with E-state index in [0.29, 0.717) is 18.2 Å². The topological polar surface area (TPSA) is 69.0 Å². The lowest BCUT2D eigenvalue weighted by atomic mass is 9.78. The zero-order chi connectivity index (χ0) is 15.7. The highest BCUT2D eigenvalue weighted by atomic mass is 16.2. The molecule has 0 bridgehead atoms. The number of rotatable bonds is 3. The van der Waals surface area contributed by atoms with Gasteiger partial charge in [-0.3, -0.25) is 14.7 Å². The van der Waals surface area contributed by atoms with Crippen molar-refractivity contribution in [3.05, 3.63) is 68.5 Å². The third-order valence-electron chi connectivity index (χ3n) is 4.43. The van der Waals surface area contributed by atoms with Crippen LogP contribution >= 0.6 is 0 Å². The molecule has 1 aromatic carbocycles. The van der Waals surface area contributed by atoms with Crippen LogP contribution in [0, 0.1) is 5.41 Å². The van der Waals surface area contributed by atoms with Crippen LogP contribution in [0.3, 0.4) is 0 Å². The Morgan fingerprint density at radius 3 is 2.59 bits per heavy atom. The van der Waals surface area contributed by atoms with Crippen LogP contribution in [0.4, 0.5) is 0 Å². The Labute approximate surface area is 129 Å². The van der Waals surface area contributed by atoms with Crippen molar-refractivity contribution < 1.29 is 0 Å². The molecule has 1 fully saturated rings. The van der Waals surface area contributed by atoms with E-state index in [-0.39, 0.29) is 11.0 Å². The van der Waals surface area contributed by atoms with Crippen LogP contribution in [0.1, 0.15) is 31.0 Å². The van der Waals surface area contributed by atoms with Gasteiger partial charge >= 0.3 is 5.69 Å². The summed E-state index contributed by atoms with van der Waals surface area (Å²) in [5, 5.41) is 0. The molecule has 1 saturated heterocycles. The maximum absolute atomic E-state index is 11.4. The van der Waals surface area contributed by atoms with Gasteiger partial charge in [-0.1, -0.05) is 44.2 Å². The molecule has 0 aliphatic carbocycles. The molecule has 0 amide bonds. The van der Waals surface area contributed by atoms with E-state index < -0.39 is 5.69 Å². The smallest absolute Gasteiger partial charge is 0.310 e. The van der Waals surface area contributed by atoms with Gasteiger partial charge in [-0.05, 0) is 11.0 Å². The molecule has 1 aliphatic rings. The fourth-order valence-corrected chi connectivity index (χ4v) is 3.46. The first-order valence-electron chi connectivity index (χ1n) is 7.54. The van der Waals surface area contributed by atoms with Gasteiger partial charge in [0.2, 0.25) is 0 Å². The molecule has 2 heterocycles. The summed E-state index contributed by atoms with van der Waals surface area (Å²) >= 11 is 0. The van der Waals surface area contributed by atoms with Crippen LogP contribution in [0.25, 0.3) is 0 Å².